The molecule has 0 heterocycles. The molecule has 1 fully saturated rings. The summed E-state index contributed by atoms with van der Waals surface area (Å²) in [5.41, 5.74) is 4.37. The SMILES string of the molecule is CC(C)(C)S(=O)(=O)CCC1(F)CCCC(N)C1. The third-order valence-electron chi connectivity index (χ3n) is 3.58. The Balaban J connectivity index is 2.62. The highest BCUT2D eigenvalue weighted by Gasteiger charge is 2.38. The van der Waals surface area contributed by atoms with Gasteiger partial charge in [-0.2, -0.15) is 0 Å². The van der Waals surface area contributed by atoms with E-state index in [0.29, 0.717) is 12.8 Å². The van der Waals surface area contributed by atoms with E-state index in [4.69, 9.17) is 5.73 Å². The Morgan fingerprint density at radius 3 is 2.47 bits per heavy atom. The van der Waals surface area contributed by atoms with Crippen molar-refractivity contribution in [2.45, 2.75) is 69.3 Å². The standard InChI is InChI=1S/C12H24FNO2S/c1-11(2,3)17(15,16)8-7-12(13)6-4-5-10(14)9-12/h10H,4-9,14H2,1-3H3. The van der Waals surface area contributed by atoms with Crippen LogP contribution in [-0.4, -0.2) is 30.6 Å². The van der Waals surface area contributed by atoms with E-state index in [9.17, 15) is 12.8 Å². The van der Waals surface area contributed by atoms with Crippen LogP contribution in [0.1, 0.15) is 52.9 Å². The Labute approximate surface area is 104 Å². The van der Waals surface area contributed by atoms with E-state index < -0.39 is 20.3 Å². The number of halogens is 1. The lowest BCUT2D eigenvalue weighted by Crippen LogP contribution is -2.40. The molecule has 0 aromatic rings. The monoisotopic (exact) mass is 265 g/mol. The van der Waals surface area contributed by atoms with E-state index in [0.717, 1.165) is 12.8 Å². The van der Waals surface area contributed by atoms with Crippen LogP contribution in [0, 0.1) is 0 Å². The van der Waals surface area contributed by atoms with E-state index in [1.165, 1.54) is 0 Å². The first-order valence-corrected chi connectivity index (χ1v) is 7.88. The predicted molar refractivity (Wildman–Crippen MR) is 68.4 cm³/mol. The fourth-order valence-corrected chi connectivity index (χ4v) is 3.45. The van der Waals surface area contributed by atoms with Crippen LogP contribution in [0.3, 0.4) is 0 Å². The van der Waals surface area contributed by atoms with Gasteiger partial charge in [0.15, 0.2) is 9.84 Å². The fraction of sp³-hybridized carbons (Fsp3) is 1.00. The molecule has 2 N–H and O–H groups in total. The Kier molecular flexibility index (Phi) is 4.24. The van der Waals surface area contributed by atoms with Crippen molar-refractivity contribution in [2.75, 3.05) is 5.75 Å². The van der Waals surface area contributed by atoms with Gasteiger partial charge in [-0.25, -0.2) is 12.8 Å². The number of rotatable bonds is 3. The van der Waals surface area contributed by atoms with Gasteiger partial charge < -0.3 is 5.73 Å². The lowest BCUT2D eigenvalue weighted by Gasteiger charge is -2.33. The summed E-state index contributed by atoms with van der Waals surface area (Å²) in [6, 6.07) is -0.119. The van der Waals surface area contributed by atoms with Crippen LogP contribution < -0.4 is 5.73 Å². The number of hydrogen-bond donors (Lipinski definition) is 1. The zero-order valence-corrected chi connectivity index (χ0v) is 11.8. The minimum absolute atomic E-state index is 0.0836. The number of nitrogens with two attached hydrogens (primary N) is 1. The van der Waals surface area contributed by atoms with E-state index >= 15 is 0 Å². The van der Waals surface area contributed by atoms with Gasteiger partial charge in [-0.1, -0.05) is 0 Å². The maximum absolute atomic E-state index is 14.4. The molecule has 5 heteroatoms. The van der Waals surface area contributed by atoms with Crippen LogP contribution in [0.5, 0.6) is 0 Å². The van der Waals surface area contributed by atoms with Crippen molar-refractivity contribution in [3.8, 4) is 0 Å². The molecule has 3 nitrogen and oxygen atoms in total. The van der Waals surface area contributed by atoms with Gasteiger partial charge in [0.25, 0.3) is 0 Å². The summed E-state index contributed by atoms with van der Waals surface area (Å²) in [7, 11) is -3.23. The first-order valence-electron chi connectivity index (χ1n) is 6.23. The Hall–Kier alpha value is -0.160. The molecule has 17 heavy (non-hydrogen) atoms. The molecular weight excluding hydrogens is 241 g/mol. The van der Waals surface area contributed by atoms with Crippen molar-refractivity contribution < 1.29 is 12.8 Å². The van der Waals surface area contributed by atoms with Gasteiger partial charge in [-0.15, -0.1) is 0 Å². The Bertz CT molecular complexity index is 361. The molecule has 2 atom stereocenters. The molecule has 1 rings (SSSR count). The second-order valence-electron chi connectivity index (χ2n) is 6.19. The first kappa shape index (κ1) is 14.9. The molecule has 0 spiro atoms. The van der Waals surface area contributed by atoms with E-state index in [1.807, 2.05) is 0 Å². The van der Waals surface area contributed by atoms with Crippen LogP contribution in [0.15, 0.2) is 0 Å². The summed E-state index contributed by atoms with van der Waals surface area (Å²) in [6.07, 6.45) is 2.43. The molecule has 1 aliphatic carbocycles. The lowest BCUT2D eigenvalue weighted by molar-refractivity contribution is 0.0925. The second kappa shape index (κ2) is 4.84. The average molecular weight is 265 g/mol. The van der Waals surface area contributed by atoms with Crippen LogP contribution in [0.2, 0.25) is 0 Å². The van der Waals surface area contributed by atoms with Crippen LogP contribution in [0.25, 0.3) is 0 Å². The number of sulfone groups is 1. The third kappa shape index (κ3) is 3.91. The van der Waals surface area contributed by atoms with Crippen molar-refractivity contribution in [1.29, 1.82) is 0 Å². The zero-order valence-electron chi connectivity index (χ0n) is 11.0. The zero-order chi connectivity index (χ0) is 13.3. The van der Waals surface area contributed by atoms with Crippen LogP contribution >= 0.6 is 0 Å². The van der Waals surface area contributed by atoms with E-state index in [1.54, 1.807) is 20.8 Å². The van der Waals surface area contributed by atoms with Crippen molar-refractivity contribution >= 4 is 9.84 Å². The summed E-state index contributed by atoms with van der Waals surface area (Å²) < 4.78 is 37.4. The average Bonchev–Trinajstić information content (AvgIpc) is 2.13. The molecule has 0 amide bonds. The number of alkyl halides is 1. The minimum Gasteiger partial charge on any atom is -0.328 e. The molecule has 0 aromatic carbocycles. The van der Waals surface area contributed by atoms with Crippen LogP contribution in [0.4, 0.5) is 4.39 Å². The van der Waals surface area contributed by atoms with Gasteiger partial charge in [0.05, 0.1) is 10.5 Å². The quantitative estimate of drug-likeness (QED) is 0.851. The summed E-state index contributed by atoms with van der Waals surface area (Å²) in [5.74, 6) is -0.0836. The van der Waals surface area contributed by atoms with Gasteiger partial charge in [-0.05, 0) is 52.9 Å². The van der Waals surface area contributed by atoms with Crippen molar-refractivity contribution in [1.82, 2.24) is 0 Å². The fourth-order valence-electron chi connectivity index (χ4n) is 2.21. The second-order valence-corrected chi connectivity index (χ2v) is 9.05. The molecular formula is C12H24FNO2S. The maximum atomic E-state index is 14.4. The molecule has 102 valence electrons. The molecule has 0 aliphatic heterocycles. The highest BCUT2D eigenvalue weighted by Crippen LogP contribution is 2.35. The molecule has 1 saturated carbocycles. The summed E-state index contributed by atoms with van der Waals surface area (Å²) in [4.78, 5) is 0. The molecule has 0 radical (unpaired) electrons. The van der Waals surface area contributed by atoms with Gasteiger partial charge in [0.2, 0.25) is 0 Å². The summed E-state index contributed by atoms with van der Waals surface area (Å²) >= 11 is 0. The topological polar surface area (TPSA) is 60.2 Å². The third-order valence-corrected chi connectivity index (χ3v) is 6.19. The van der Waals surface area contributed by atoms with Gasteiger partial charge >= 0.3 is 0 Å². The first-order chi connectivity index (χ1) is 7.56. The molecule has 0 aromatic heterocycles. The molecule has 0 bridgehead atoms. The highest BCUT2D eigenvalue weighted by molar-refractivity contribution is 7.92. The largest absolute Gasteiger partial charge is 0.328 e. The van der Waals surface area contributed by atoms with Gasteiger partial charge in [0, 0.05) is 6.04 Å². The molecule has 2 unspecified atom stereocenters. The van der Waals surface area contributed by atoms with Crippen molar-refractivity contribution in [3.05, 3.63) is 0 Å². The highest BCUT2D eigenvalue weighted by atomic mass is 32.2. The Morgan fingerprint density at radius 2 is 2.00 bits per heavy atom. The van der Waals surface area contributed by atoms with E-state index in [-0.39, 0.29) is 18.2 Å². The van der Waals surface area contributed by atoms with E-state index in [2.05, 4.69) is 0 Å². The smallest absolute Gasteiger partial charge is 0.155 e. The Morgan fingerprint density at radius 1 is 1.41 bits per heavy atom. The van der Waals surface area contributed by atoms with Crippen molar-refractivity contribution in [2.24, 2.45) is 5.73 Å². The molecule has 0 saturated heterocycles. The molecule has 1 aliphatic rings. The maximum Gasteiger partial charge on any atom is 0.155 e. The van der Waals surface area contributed by atoms with Gasteiger partial charge in [0.1, 0.15) is 5.67 Å². The van der Waals surface area contributed by atoms with Gasteiger partial charge in [-0.3, -0.25) is 0 Å². The normalized spacial score (nSPS) is 31.5. The number of hydrogen-bond acceptors (Lipinski definition) is 3. The van der Waals surface area contributed by atoms with Crippen LogP contribution in [-0.2, 0) is 9.84 Å². The summed E-state index contributed by atoms with van der Waals surface area (Å²) in [6.45, 7) is 4.96. The van der Waals surface area contributed by atoms with Crippen molar-refractivity contribution in [3.63, 3.8) is 0 Å². The summed E-state index contributed by atoms with van der Waals surface area (Å²) in [5, 5.41) is 0. The minimum atomic E-state index is -3.23. The predicted octanol–water partition coefficient (Wildman–Crippen LogP) is 2.20. The lowest BCUT2D eigenvalue weighted by atomic mass is 9.82.